The Morgan fingerprint density at radius 2 is 1.78 bits per heavy atom. The topological polar surface area (TPSA) is 74.8 Å². The summed E-state index contributed by atoms with van der Waals surface area (Å²) in [7, 11) is -2.26. The molecule has 23 heavy (non-hydrogen) atoms. The summed E-state index contributed by atoms with van der Waals surface area (Å²) in [5.41, 5.74) is 0.428. The molecule has 2 amide bonds. The van der Waals surface area contributed by atoms with Gasteiger partial charge in [-0.05, 0) is 37.0 Å². The molecule has 1 saturated heterocycles. The van der Waals surface area contributed by atoms with E-state index in [0.29, 0.717) is 6.54 Å². The van der Waals surface area contributed by atoms with Crippen molar-refractivity contribution in [3.8, 4) is 0 Å². The highest BCUT2D eigenvalue weighted by atomic mass is 32.2. The van der Waals surface area contributed by atoms with Crippen LogP contribution in [0.2, 0.25) is 0 Å². The van der Waals surface area contributed by atoms with E-state index in [9.17, 15) is 18.0 Å². The van der Waals surface area contributed by atoms with Gasteiger partial charge in [-0.2, -0.15) is 4.31 Å². The predicted molar refractivity (Wildman–Crippen MR) is 84.6 cm³/mol. The molecular weight excluding hydrogens is 316 g/mol. The number of amides is 2. The molecule has 2 aliphatic heterocycles. The minimum atomic E-state index is -3.66. The SMILES string of the molecule is CC(C)C1CCCN1S(=O)(=O)c1ccc2c(c1)C(=O)N(C)C2=O. The van der Waals surface area contributed by atoms with Crippen molar-refractivity contribution in [2.45, 2.75) is 37.6 Å². The van der Waals surface area contributed by atoms with Crippen molar-refractivity contribution in [2.24, 2.45) is 5.92 Å². The van der Waals surface area contributed by atoms with E-state index in [1.165, 1.54) is 29.6 Å². The highest BCUT2D eigenvalue weighted by Crippen LogP contribution is 2.32. The third-order valence-corrected chi connectivity index (χ3v) is 6.61. The van der Waals surface area contributed by atoms with Crippen molar-refractivity contribution in [3.05, 3.63) is 29.3 Å². The molecule has 0 aliphatic carbocycles. The zero-order valence-corrected chi connectivity index (χ0v) is 14.3. The average Bonchev–Trinajstić information content (AvgIpc) is 3.09. The molecule has 0 aromatic heterocycles. The lowest BCUT2D eigenvalue weighted by Crippen LogP contribution is -2.38. The second kappa shape index (κ2) is 5.42. The van der Waals surface area contributed by atoms with E-state index in [0.717, 1.165) is 17.7 Å². The maximum absolute atomic E-state index is 12.9. The van der Waals surface area contributed by atoms with Gasteiger partial charge in [-0.1, -0.05) is 13.8 Å². The Bertz CT molecular complexity index is 785. The van der Waals surface area contributed by atoms with Crippen LogP contribution in [0.5, 0.6) is 0 Å². The van der Waals surface area contributed by atoms with Gasteiger partial charge in [0.2, 0.25) is 10.0 Å². The maximum atomic E-state index is 12.9. The molecule has 0 saturated carbocycles. The minimum absolute atomic E-state index is 0.0201. The molecule has 0 radical (unpaired) electrons. The number of benzene rings is 1. The summed E-state index contributed by atoms with van der Waals surface area (Å²) in [6.07, 6.45) is 1.69. The van der Waals surface area contributed by atoms with Crippen molar-refractivity contribution in [2.75, 3.05) is 13.6 Å². The fraction of sp³-hybridized carbons (Fsp3) is 0.500. The van der Waals surface area contributed by atoms with Gasteiger partial charge in [-0.25, -0.2) is 8.42 Å². The fourth-order valence-electron chi connectivity index (χ4n) is 3.37. The number of carbonyl (C=O) groups excluding carboxylic acids is 2. The summed E-state index contributed by atoms with van der Waals surface area (Å²) < 4.78 is 27.4. The number of hydrogen-bond donors (Lipinski definition) is 0. The number of nitrogens with zero attached hydrogens (tertiary/aromatic N) is 2. The van der Waals surface area contributed by atoms with Crippen molar-refractivity contribution in [3.63, 3.8) is 0 Å². The zero-order chi connectivity index (χ0) is 16.9. The largest absolute Gasteiger partial charge is 0.277 e. The Balaban J connectivity index is 2.03. The van der Waals surface area contributed by atoms with Crippen LogP contribution in [0.25, 0.3) is 0 Å². The second-order valence-corrected chi connectivity index (χ2v) is 8.34. The molecule has 1 unspecified atom stereocenters. The summed E-state index contributed by atoms with van der Waals surface area (Å²) >= 11 is 0. The van der Waals surface area contributed by atoms with Gasteiger partial charge >= 0.3 is 0 Å². The summed E-state index contributed by atoms with van der Waals surface area (Å²) in [4.78, 5) is 25.1. The molecule has 7 heteroatoms. The average molecular weight is 336 g/mol. The van der Waals surface area contributed by atoms with Crippen molar-refractivity contribution in [1.82, 2.24) is 9.21 Å². The molecule has 0 N–H and O–H groups in total. The first-order valence-electron chi connectivity index (χ1n) is 7.73. The molecule has 1 aromatic rings. The maximum Gasteiger partial charge on any atom is 0.261 e. The van der Waals surface area contributed by atoms with Crippen LogP contribution < -0.4 is 0 Å². The lowest BCUT2D eigenvalue weighted by Gasteiger charge is -2.27. The minimum Gasteiger partial charge on any atom is -0.277 e. The first kappa shape index (κ1) is 16.1. The third kappa shape index (κ3) is 2.38. The van der Waals surface area contributed by atoms with Crippen molar-refractivity contribution in [1.29, 1.82) is 0 Å². The lowest BCUT2D eigenvalue weighted by molar-refractivity contribution is 0.0693. The van der Waals surface area contributed by atoms with E-state index in [1.807, 2.05) is 13.8 Å². The van der Waals surface area contributed by atoms with Crippen LogP contribution in [0, 0.1) is 5.92 Å². The highest BCUT2D eigenvalue weighted by molar-refractivity contribution is 7.89. The molecule has 3 rings (SSSR count). The summed E-state index contributed by atoms with van der Waals surface area (Å²) in [5, 5.41) is 0. The fourth-order valence-corrected chi connectivity index (χ4v) is 5.22. The van der Waals surface area contributed by atoms with Gasteiger partial charge in [0.05, 0.1) is 16.0 Å². The summed E-state index contributed by atoms with van der Waals surface area (Å²) in [6.45, 7) is 4.52. The van der Waals surface area contributed by atoms with Crippen LogP contribution in [0.1, 0.15) is 47.4 Å². The molecule has 124 valence electrons. The monoisotopic (exact) mass is 336 g/mol. The molecule has 0 bridgehead atoms. The highest BCUT2D eigenvalue weighted by Gasteiger charge is 2.39. The first-order chi connectivity index (χ1) is 10.7. The van der Waals surface area contributed by atoms with Gasteiger partial charge in [0.15, 0.2) is 0 Å². The Labute approximate surface area is 136 Å². The quantitative estimate of drug-likeness (QED) is 0.788. The van der Waals surface area contributed by atoms with Gasteiger partial charge in [-0.15, -0.1) is 0 Å². The van der Waals surface area contributed by atoms with Gasteiger partial charge < -0.3 is 0 Å². The van der Waals surface area contributed by atoms with Crippen LogP contribution in [0.15, 0.2) is 23.1 Å². The molecule has 1 fully saturated rings. The van der Waals surface area contributed by atoms with E-state index in [2.05, 4.69) is 0 Å². The molecular formula is C16H20N2O4S. The Morgan fingerprint density at radius 3 is 2.43 bits per heavy atom. The normalized spacial score (nSPS) is 22.3. The number of hydrogen-bond acceptors (Lipinski definition) is 4. The number of sulfonamides is 1. The predicted octanol–water partition coefficient (Wildman–Crippen LogP) is 1.72. The Morgan fingerprint density at radius 1 is 1.13 bits per heavy atom. The van der Waals surface area contributed by atoms with Gasteiger partial charge in [0.25, 0.3) is 11.8 Å². The Kier molecular flexibility index (Phi) is 3.80. The summed E-state index contributed by atoms with van der Waals surface area (Å²) in [6, 6.07) is 4.18. The van der Waals surface area contributed by atoms with Gasteiger partial charge in [0, 0.05) is 19.6 Å². The van der Waals surface area contributed by atoms with E-state index in [-0.39, 0.29) is 28.0 Å². The van der Waals surface area contributed by atoms with Gasteiger partial charge in [0.1, 0.15) is 0 Å². The molecule has 1 aromatic carbocycles. The number of imide groups is 1. The standard InChI is InChI=1S/C16H20N2O4S/c1-10(2)14-5-4-8-18(14)23(21,22)11-6-7-12-13(9-11)16(20)17(3)15(12)19/h6-7,9-10,14H,4-5,8H2,1-3H3. The van der Waals surface area contributed by atoms with Crippen LogP contribution in [0.3, 0.4) is 0 Å². The van der Waals surface area contributed by atoms with Gasteiger partial charge in [-0.3, -0.25) is 14.5 Å². The van der Waals surface area contributed by atoms with E-state index in [4.69, 9.17) is 0 Å². The van der Waals surface area contributed by atoms with Crippen LogP contribution in [-0.2, 0) is 10.0 Å². The van der Waals surface area contributed by atoms with E-state index >= 15 is 0 Å². The lowest BCUT2D eigenvalue weighted by atomic mass is 10.0. The smallest absolute Gasteiger partial charge is 0.261 e. The van der Waals surface area contributed by atoms with Crippen molar-refractivity contribution < 1.29 is 18.0 Å². The number of fused-ring (bicyclic) bond motifs is 1. The second-order valence-electron chi connectivity index (χ2n) is 6.45. The Hall–Kier alpha value is -1.73. The number of rotatable bonds is 3. The molecule has 2 aliphatic rings. The zero-order valence-electron chi connectivity index (χ0n) is 13.4. The van der Waals surface area contributed by atoms with Crippen LogP contribution in [-0.4, -0.2) is 49.1 Å². The molecule has 1 atom stereocenters. The third-order valence-electron chi connectivity index (χ3n) is 4.69. The molecule has 6 nitrogen and oxygen atoms in total. The number of carbonyl (C=O) groups is 2. The summed E-state index contributed by atoms with van der Waals surface area (Å²) in [5.74, 6) is -0.616. The van der Waals surface area contributed by atoms with Crippen LogP contribution >= 0.6 is 0 Å². The molecule has 0 spiro atoms. The van der Waals surface area contributed by atoms with E-state index < -0.39 is 21.8 Å². The first-order valence-corrected chi connectivity index (χ1v) is 9.17. The van der Waals surface area contributed by atoms with Crippen LogP contribution in [0.4, 0.5) is 0 Å². The molecule has 2 heterocycles. The van der Waals surface area contributed by atoms with E-state index in [1.54, 1.807) is 0 Å². The van der Waals surface area contributed by atoms with Crippen molar-refractivity contribution >= 4 is 21.8 Å².